The third-order valence-corrected chi connectivity index (χ3v) is 4.07. The van der Waals surface area contributed by atoms with E-state index in [0.29, 0.717) is 0 Å². The molecule has 2 N–H and O–H groups in total. The molecule has 0 spiro atoms. The van der Waals surface area contributed by atoms with Gasteiger partial charge in [-0.25, -0.2) is 4.98 Å². The zero-order chi connectivity index (χ0) is 14.1. The molecule has 0 saturated heterocycles. The van der Waals surface area contributed by atoms with Gasteiger partial charge in [0, 0.05) is 23.8 Å². The Kier molecular flexibility index (Phi) is 3.05. The predicted octanol–water partition coefficient (Wildman–Crippen LogP) is 3.62. The molecule has 0 aliphatic carbocycles. The van der Waals surface area contributed by atoms with Gasteiger partial charge in [0.1, 0.15) is 5.82 Å². The van der Waals surface area contributed by atoms with E-state index in [1.165, 1.54) is 22.2 Å². The number of hydrogen-bond acceptors (Lipinski definition) is 3. The summed E-state index contributed by atoms with van der Waals surface area (Å²) in [5.74, 6) is 0.931. The monoisotopic (exact) mass is 275 g/mol. The molecule has 0 amide bonds. The molecule has 4 rings (SSSR count). The first-order valence-electron chi connectivity index (χ1n) is 7.34. The lowest BCUT2D eigenvalue weighted by Gasteiger charge is -2.21. The molecule has 0 unspecified atom stereocenters. The second-order valence-electron chi connectivity index (χ2n) is 5.38. The van der Waals surface area contributed by atoms with Gasteiger partial charge in [-0.1, -0.05) is 36.4 Å². The molecule has 0 bridgehead atoms. The van der Waals surface area contributed by atoms with Crippen molar-refractivity contribution in [1.82, 2.24) is 10.3 Å². The highest BCUT2D eigenvalue weighted by molar-refractivity contribution is 5.93. The van der Waals surface area contributed by atoms with Crippen LogP contribution in [-0.2, 0) is 13.0 Å². The number of fused-ring (bicyclic) bond motifs is 2. The van der Waals surface area contributed by atoms with Crippen LogP contribution in [0.3, 0.4) is 0 Å². The Morgan fingerprint density at radius 1 is 1.00 bits per heavy atom. The second-order valence-corrected chi connectivity index (χ2v) is 5.38. The molecule has 0 fully saturated rings. The topological polar surface area (TPSA) is 37.0 Å². The quantitative estimate of drug-likeness (QED) is 0.750. The van der Waals surface area contributed by atoms with E-state index in [9.17, 15) is 0 Å². The number of pyridine rings is 1. The van der Waals surface area contributed by atoms with E-state index in [1.807, 2.05) is 12.3 Å². The van der Waals surface area contributed by atoms with E-state index in [-0.39, 0.29) is 0 Å². The largest absolute Gasteiger partial charge is 0.339 e. The highest BCUT2D eigenvalue weighted by atomic mass is 15.0. The molecule has 2 aromatic carbocycles. The van der Waals surface area contributed by atoms with Crippen LogP contribution >= 0.6 is 0 Å². The zero-order valence-electron chi connectivity index (χ0n) is 11.8. The van der Waals surface area contributed by atoms with Gasteiger partial charge < -0.3 is 10.6 Å². The lowest BCUT2D eigenvalue weighted by molar-refractivity contribution is 0.645. The van der Waals surface area contributed by atoms with Crippen LogP contribution < -0.4 is 10.6 Å². The second kappa shape index (κ2) is 5.19. The maximum Gasteiger partial charge on any atom is 0.138 e. The lowest BCUT2D eigenvalue weighted by atomic mass is 9.99. The van der Waals surface area contributed by atoms with Crippen LogP contribution in [0.5, 0.6) is 0 Å². The van der Waals surface area contributed by atoms with Crippen LogP contribution in [0.1, 0.15) is 11.1 Å². The number of nitrogens with zero attached hydrogens (tertiary/aromatic N) is 1. The Bertz CT molecular complexity index is 790. The Labute approximate surface area is 124 Å². The van der Waals surface area contributed by atoms with Gasteiger partial charge in [-0.2, -0.15) is 0 Å². The van der Waals surface area contributed by atoms with Crippen molar-refractivity contribution in [3.8, 4) is 0 Å². The Morgan fingerprint density at radius 2 is 1.95 bits per heavy atom. The zero-order valence-corrected chi connectivity index (χ0v) is 11.8. The molecule has 104 valence electrons. The molecule has 21 heavy (non-hydrogen) atoms. The van der Waals surface area contributed by atoms with Crippen molar-refractivity contribution in [2.75, 3.05) is 11.9 Å². The van der Waals surface area contributed by atoms with Crippen molar-refractivity contribution >= 4 is 22.3 Å². The molecule has 2 heterocycles. The van der Waals surface area contributed by atoms with Crippen LogP contribution in [-0.4, -0.2) is 11.5 Å². The lowest BCUT2D eigenvalue weighted by Crippen LogP contribution is -2.24. The summed E-state index contributed by atoms with van der Waals surface area (Å²) in [6.07, 6.45) is 2.92. The minimum atomic E-state index is 0.931. The normalized spacial score (nSPS) is 13.9. The first-order chi connectivity index (χ1) is 10.4. The molecule has 0 saturated carbocycles. The summed E-state index contributed by atoms with van der Waals surface area (Å²) in [7, 11) is 0. The number of hydrogen-bond donors (Lipinski definition) is 2. The van der Waals surface area contributed by atoms with Crippen LogP contribution in [0.4, 0.5) is 11.5 Å². The Hall–Kier alpha value is -2.39. The SMILES string of the molecule is c1cc2c(c(Nc3nccc4ccccc34)c1)CCNC2. The van der Waals surface area contributed by atoms with E-state index < -0.39 is 0 Å². The summed E-state index contributed by atoms with van der Waals surface area (Å²) < 4.78 is 0. The van der Waals surface area contributed by atoms with Crippen molar-refractivity contribution in [2.24, 2.45) is 0 Å². The molecule has 0 atom stereocenters. The van der Waals surface area contributed by atoms with Crippen LogP contribution in [0, 0.1) is 0 Å². The molecule has 3 heteroatoms. The Balaban J connectivity index is 1.79. The molecule has 1 aliphatic rings. The minimum absolute atomic E-state index is 0.931. The number of aromatic nitrogens is 1. The van der Waals surface area contributed by atoms with Gasteiger partial charge >= 0.3 is 0 Å². The van der Waals surface area contributed by atoms with E-state index in [1.54, 1.807) is 0 Å². The van der Waals surface area contributed by atoms with E-state index >= 15 is 0 Å². The van der Waals surface area contributed by atoms with Gasteiger partial charge in [-0.15, -0.1) is 0 Å². The van der Waals surface area contributed by atoms with E-state index in [0.717, 1.165) is 30.7 Å². The van der Waals surface area contributed by atoms with Crippen molar-refractivity contribution in [3.63, 3.8) is 0 Å². The maximum absolute atomic E-state index is 4.52. The van der Waals surface area contributed by atoms with Gasteiger partial charge in [-0.05, 0) is 41.6 Å². The summed E-state index contributed by atoms with van der Waals surface area (Å²) in [4.78, 5) is 4.52. The van der Waals surface area contributed by atoms with Crippen molar-refractivity contribution in [3.05, 3.63) is 65.9 Å². The van der Waals surface area contributed by atoms with Gasteiger partial charge in [0.15, 0.2) is 0 Å². The third-order valence-electron chi connectivity index (χ3n) is 4.07. The smallest absolute Gasteiger partial charge is 0.138 e. The summed E-state index contributed by atoms with van der Waals surface area (Å²) >= 11 is 0. The molecule has 1 aliphatic heterocycles. The molecular formula is C18H17N3. The van der Waals surface area contributed by atoms with Crippen LogP contribution in [0.2, 0.25) is 0 Å². The third kappa shape index (κ3) is 2.26. The number of nitrogens with one attached hydrogen (secondary N) is 2. The predicted molar refractivity (Wildman–Crippen MR) is 86.9 cm³/mol. The van der Waals surface area contributed by atoms with Crippen molar-refractivity contribution in [2.45, 2.75) is 13.0 Å². The number of benzene rings is 2. The Morgan fingerprint density at radius 3 is 2.95 bits per heavy atom. The maximum atomic E-state index is 4.52. The van der Waals surface area contributed by atoms with Crippen molar-refractivity contribution in [1.29, 1.82) is 0 Å². The van der Waals surface area contributed by atoms with E-state index in [2.05, 4.69) is 58.1 Å². The first kappa shape index (κ1) is 12.4. The average molecular weight is 275 g/mol. The van der Waals surface area contributed by atoms with Crippen LogP contribution in [0.25, 0.3) is 10.8 Å². The highest BCUT2D eigenvalue weighted by Gasteiger charge is 2.13. The standard InChI is InChI=1S/C18H17N3/c1-2-6-16-13(4-1)8-11-20-18(16)21-17-7-3-5-14-12-19-10-9-15(14)17/h1-8,11,19H,9-10,12H2,(H,20,21). The minimum Gasteiger partial charge on any atom is -0.339 e. The average Bonchev–Trinajstić information content (AvgIpc) is 2.56. The van der Waals surface area contributed by atoms with Gasteiger partial charge in [0.05, 0.1) is 0 Å². The molecule has 1 aromatic heterocycles. The first-order valence-corrected chi connectivity index (χ1v) is 7.34. The molecular weight excluding hydrogens is 258 g/mol. The highest BCUT2D eigenvalue weighted by Crippen LogP contribution is 2.28. The van der Waals surface area contributed by atoms with Crippen LogP contribution in [0.15, 0.2) is 54.7 Å². The fraction of sp³-hybridized carbons (Fsp3) is 0.167. The summed E-state index contributed by atoms with van der Waals surface area (Å²) in [6.45, 7) is 1.99. The van der Waals surface area contributed by atoms with Gasteiger partial charge in [0.2, 0.25) is 0 Å². The van der Waals surface area contributed by atoms with Crippen molar-refractivity contribution < 1.29 is 0 Å². The fourth-order valence-electron chi connectivity index (χ4n) is 3.00. The summed E-state index contributed by atoms with van der Waals surface area (Å²) in [6, 6.07) is 16.8. The number of anilines is 2. The molecule has 0 radical (unpaired) electrons. The number of rotatable bonds is 2. The van der Waals surface area contributed by atoms with Gasteiger partial charge in [0.25, 0.3) is 0 Å². The molecule has 3 aromatic rings. The summed E-state index contributed by atoms with van der Waals surface area (Å²) in [5.41, 5.74) is 3.97. The summed E-state index contributed by atoms with van der Waals surface area (Å²) in [5, 5.41) is 9.32. The van der Waals surface area contributed by atoms with E-state index in [4.69, 9.17) is 0 Å². The fourth-order valence-corrected chi connectivity index (χ4v) is 3.00. The van der Waals surface area contributed by atoms with Gasteiger partial charge in [-0.3, -0.25) is 0 Å². The molecule has 3 nitrogen and oxygen atoms in total.